The van der Waals surface area contributed by atoms with Gasteiger partial charge < -0.3 is 14.8 Å². The summed E-state index contributed by atoms with van der Waals surface area (Å²) in [6, 6.07) is 0. The van der Waals surface area contributed by atoms with Crippen LogP contribution in [-0.2, 0) is 13.1 Å². The van der Waals surface area contributed by atoms with Crippen molar-refractivity contribution < 1.29 is 0 Å². The van der Waals surface area contributed by atoms with Gasteiger partial charge in [0.05, 0.1) is 12.0 Å². The zero-order valence-electron chi connectivity index (χ0n) is 10.2. The Morgan fingerprint density at radius 2 is 2.06 bits per heavy atom. The van der Waals surface area contributed by atoms with E-state index in [1.807, 2.05) is 13.4 Å². The second-order valence-electron chi connectivity index (χ2n) is 4.54. The summed E-state index contributed by atoms with van der Waals surface area (Å²) in [5.41, 5.74) is 1.13. The van der Waals surface area contributed by atoms with Crippen molar-refractivity contribution in [1.29, 1.82) is 0 Å². The smallest absolute Gasteiger partial charge is 0.0950 e. The first-order chi connectivity index (χ1) is 7.88. The zero-order valence-corrected chi connectivity index (χ0v) is 10.2. The molecule has 0 aliphatic carbocycles. The average Bonchev–Trinajstić information content (AvgIpc) is 2.76. The minimum Gasteiger partial charge on any atom is -0.336 e. The Kier molecular flexibility index (Phi) is 4.36. The van der Waals surface area contributed by atoms with Crippen LogP contribution in [0, 0.1) is 0 Å². The van der Waals surface area contributed by atoms with Crippen LogP contribution in [0.1, 0.15) is 25.0 Å². The van der Waals surface area contributed by atoms with E-state index in [1.165, 1.54) is 32.4 Å². The molecule has 1 N–H and O–H groups in total. The number of hydrogen-bond acceptors (Lipinski definition) is 3. The molecule has 4 heteroatoms. The van der Waals surface area contributed by atoms with Crippen molar-refractivity contribution in [3.63, 3.8) is 0 Å². The van der Waals surface area contributed by atoms with E-state index < -0.39 is 0 Å². The number of nitrogens with zero attached hydrogens (tertiary/aromatic N) is 3. The number of hydrogen-bond donors (Lipinski definition) is 1. The molecule has 90 valence electrons. The van der Waals surface area contributed by atoms with Crippen molar-refractivity contribution in [3.8, 4) is 0 Å². The summed E-state index contributed by atoms with van der Waals surface area (Å²) in [5.74, 6) is 0. The van der Waals surface area contributed by atoms with Crippen LogP contribution in [0.3, 0.4) is 0 Å². The third-order valence-corrected chi connectivity index (χ3v) is 3.17. The van der Waals surface area contributed by atoms with Gasteiger partial charge in [0.15, 0.2) is 0 Å². The number of piperidine rings is 1. The maximum atomic E-state index is 4.35. The Hall–Kier alpha value is -0.870. The van der Waals surface area contributed by atoms with Gasteiger partial charge in [0.25, 0.3) is 0 Å². The first kappa shape index (κ1) is 11.6. The van der Waals surface area contributed by atoms with Gasteiger partial charge in [-0.3, -0.25) is 0 Å². The molecule has 1 aliphatic rings. The molecule has 2 heterocycles. The molecule has 0 radical (unpaired) electrons. The Morgan fingerprint density at radius 3 is 2.81 bits per heavy atom. The number of aromatic nitrogens is 2. The summed E-state index contributed by atoms with van der Waals surface area (Å²) in [6.45, 7) is 5.64. The van der Waals surface area contributed by atoms with E-state index in [0.717, 1.165) is 25.3 Å². The molecular formula is C12H22N4. The third kappa shape index (κ3) is 3.32. The number of likely N-dealkylation sites (tertiary alicyclic amines) is 1. The summed E-state index contributed by atoms with van der Waals surface area (Å²) >= 11 is 0. The maximum absolute atomic E-state index is 4.35. The van der Waals surface area contributed by atoms with Crippen molar-refractivity contribution in [3.05, 3.63) is 18.2 Å². The first-order valence-electron chi connectivity index (χ1n) is 6.26. The van der Waals surface area contributed by atoms with E-state index in [9.17, 15) is 0 Å². The molecule has 1 aromatic heterocycles. The Balaban J connectivity index is 1.75. The molecule has 0 saturated carbocycles. The molecule has 0 atom stereocenters. The highest BCUT2D eigenvalue weighted by Crippen LogP contribution is 2.08. The predicted molar refractivity (Wildman–Crippen MR) is 65.3 cm³/mol. The molecule has 1 saturated heterocycles. The second-order valence-corrected chi connectivity index (χ2v) is 4.54. The molecule has 0 spiro atoms. The SMILES string of the molecule is CNCc1cn(CCN2CCCCC2)cn1. The summed E-state index contributed by atoms with van der Waals surface area (Å²) in [7, 11) is 1.95. The molecule has 2 rings (SSSR count). The summed E-state index contributed by atoms with van der Waals surface area (Å²) in [4.78, 5) is 6.91. The lowest BCUT2D eigenvalue weighted by atomic mass is 10.1. The average molecular weight is 222 g/mol. The van der Waals surface area contributed by atoms with Crippen LogP contribution in [0.15, 0.2) is 12.5 Å². The molecule has 0 aromatic carbocycles. The maximum Gasteiger partial charge on any atom is 0.0950 e. The van der Waals surface area contributed by atoms with Gasteiger partial charge in [0, 0.05) is 25.8 Å². The van der Waals surface area contributed by atoms with Crippen molar-refractivity contribution >= 4 is 0 Å². The van der Waals surface area contributed by atoms with Crippen LogP contribution < -0.4 is 5.32 Å². The Bertz CT molecular complexity index is 302. The monoisotopic (exact) mass is 222 g/mol. The van der Waals surface area contributed by atoms with Crippen LogP contribution in [-0.4, -0.2) is 41.1 Å². The lowest BCUT2D eigenvalue weighted by Gasteiger charge is -2.26. The van der Waals surface area contributed by atoms with Crippen molar-refractivity contribution in [1.82, 2.24) is 19.8 Å². The summed E-state index contributed by atoms with van der Waals surface area (Å²) in [6.07, 6.45) is 8.23. The normalized spacial score (nSPS) is 17.8. The van der Waals surface area contributed by atoms with Crippen LogP contribution in [0.4, 0.5) is 0 Å². The number of imidazole rings is 1. The van der Waals surface area contributed by atoms with Crippen LogP contribution in [0.2, 0.25) is 0 Å². The molecular weight excluding hydrogens is 200 g/mol. The molecule has 4 nitrogen and oxygen atoms in total. The minimum atomic E-state index is 0.858. The summed E-state index contributed by atoms with van der Waals surface area (Å²) < 4.78 is 2.20. The zero-order chi connectivity index (χ0) is 11.2. The fraction of sp³-hybridized carbons (Fsp3) is 0.750. The van der Waals surface area contributed by atoms with Gasteiger partial charge in [-0.1, -0.05) is 6.42 Å². The number of nitrogens with one attached hydrogen (secondary N) is 1. The quantitative estimate of drug-likeness (QED) is 0.809. The molecule has 1 fully saturated rings. The van der Waals surface area contributed by atoms with Gasteiger partial charge in [0.2, 0.25) is 0 Å². The highest BCUT2D eigenvalue weighted by atomic mass is 15.2. The van der Waals surface area contributed by atoms with E-state index in [0.29, 0.717) is 0 Å². The van der Waals surface area contributed by atoms with E-state index in [-0.39, 0.29) is 0 Å². The van der Waals surface area contributed by atoms with Crippen LogP contribution in [0.5, 0.6) is 0 Å². The van der Waals surface area contributed by atoms with E-state index in [2.05, 4.69) is 26.0 Å². The van der Waals surface area contributed by atoms with Gasteiger partial charge in [-0.25, -0.2) is 4.98 Å². The lowest BCUT2D eigenvalue weighted by Crippen LogP contribution is -2.32. The van der Waals surface area contributed by atoms with Gasteiger partial charge in [-0.15, -0.1) is 0 Å². The highest BCUT2D eigenvalue weighted by molar-refractivity contribution is 4.95. The van der Waals surface area contributed by atoms with Crippen molar-refractivity contribution in [2.45, 2.75) is 32.4 Å². The van der Waals surface area contributed by atoms with Crippen molar-refractivity contribution in [2.75, 3.05) is 26.7 Å². The first-order valence-corrected chi connectivity index (χ1v) is 6.26. The van der Waals surface area contributed by atoms with Gasteiger partial charge in [-0.05, 0) is 33.0 Å². The number of rotatable bonds is 5. The largest absolute Gasteiger partial charge is 0.336 e. The van der Waals surface area contributed by atoms with Crippen molar-refractivity contribution in [2.24, 2.45) is 0 Å². The second kappa shape index (κ2) is 6.01. The summed E-state index contributed by atoms with van der Waals surface area (Å²) in [5, 5.41) is 3.12. The fourth-order valence-electron chi connectivity index (χ4n) is 2.24. The lowest BCUT2D eigenvalue weighted by molar-refractivity contribution is 0.221. The standard InChI is InChI=1S/C12H22N4/c1-13-9-12-10-16(11-14-12)8-7-15-5-3-2-4-6-15/h10-11,13H,2-9H2,1H3. The molecule has 1 aromatic rings. The molecule has 0 amide bonds. The third-order valence-electron chi connectivity index (χ3n) is 3.17. The predicted octanol–water partition coefficient (Wildman–Crippen LogP) is 1.09. The van der Waals surface area contributed by atoms with E-state index in [4.69, 9.17) is 0 Å². The topological polar surface area (TPSA) is 33.1 Å². The van der Waals surface area contributed by atoms with Gasteiger partial charge in [0.1, 0.15) is 0 Å². The molecule has 1 aliphatic heterocycles. The molecule has 0 unspecified atom stereocenters. The molecule has 0 bridgehead atoms. The van der Waals surface area contributed by atoms with Crippen LogP contribution in [0.25, 0.3) is 0 Å². The van der Waals surface area contributed by atoms with E-state index in [1.54, 1.807) is 0 Å². The minimum absolute atomic E-state index is 0.858. The Morgan fingerprint density at radius 1 is 1.25 bits per heavy atom. The Labute approximate surface area is 97.7 Å². The van der Waals surface area contributed by atoms with E-state index >= 15 is 0 Å². The van der Waals surface area contributed by atoms with Gasteiger partial charge >= 0.3 is 0 Å². The highest BCUT2D eigenvalue weighted by Gasteiger charge is 2.09. The molecule has 16 heavy (non-hydrogen) atoms. The van der Waals surface area contributed by atoms with Gasteiger partial charge in [-0.2, -0.15) is 0 Å². The fourth-order valence-corrected chi connectivity index (χ4v) is 2.24. The van der Waals surface area contributed by atoms with Crippen LogP contribution >= 0.6 is 0 Å².